The summed E-state index contributed by atoms with van der Waals surface area (Å²) in [7, 11) is 0. The van der Waals surface area contributed by atoms with Crippen LogP contribution in [0.5, 0.6) is 0 Å². The average molecular weight is 439 g/mol. The fourth-order valence-electron chi connectivity index (χ4n) is 4.21. The molecule has 1 atom stereocenters. The molecule has 0 aliphatic heterocycles. The van der Waals surface area contributed by atoms with E-state index >= 15 is 0 Å². The van der Waals surface area contributed by atoms with Gasteiger partial charge in [0.2, 0.25) is 11.7 Å². The summed E-state index contributed by atoms with van der Waals surface area (Å²) < 4.78 is 7.84. The highest BCUT2D eigenvalue weighted by Gasteiger charge is 2.28. The van der Waals surface area contributed by atoms with Crippen LogP contribution in [-0.4, -0.2) is 37.4 Å². The number of benzene rings is 1. The van der Waals surface area contributed by atoms with E-state index in [0.717, 1.165) is 35.1 Å². The summed E-state index contributed by atoms with van der Waals surface area (Å²) in [6.45, 7) is 5.28. The van der Waals surface area contributed by atoms with Crippen molar-refractivity contribution in [2.24, 2.45) is 0 Å². The van der Waals surface area contributed by atoms with Crippen molar-refractivity contribution in [3.63, 3.8) is 0 Å². The zero-order valence-electron chi connectivity index (χ0n) is 18.2. The summed E-state index contributed by atoms with van der Waals surface area (Å²) in [4.78, 5) is 15.1. The Labute approximate surface area is 188 Å². The Bertz CT molecular complexity index is 965. The van der Waals surface area contributed by atoms with E-state index in [0.29, 0.717) is 19.1 Å². The molecule has 1 unspecified atom stereocenters. The fraction of sp³-hybridized carbons (Fsp3) is 0.458. The van der Waals surface area contributed by atoms with Gasteiger partial charge in [0, 0.05) is 19.1 Å². The zero-order valence-corrected chi connectivity index (χ0v) is 19.1. The largest absolute Gasteiger partial charge is 0.461 e. The van der Waals surface area contributed by atoms with E-state index in [4.69, 9.17) is 4.42 Å². The average Bonchev–Trinajstić information content (AvgIpc) is 3.48. The summed E-state index contributed by atoms with van der Waals surface area (Å²) in [6, 6.07) is 14.3. The lowest BCUT2D eigenvalue weighted by Crippen LogP contribution is -2.36. The van der Waals surface area contributed by atoms with Crippen molar-refractivity contribution in [2.75, 3.05) is 6.54 Å². The Balaban J connectivity index is 1.54. The Morgan fingerprint density at radius 1 is 1.16 bits per heavy atom. The molecule has 0 radical (unpaired) electrons. The van der Waals surface area contributed by atoms with Gasteiger partial charge in [0.25, 0.3) is 0 Å². The lowest BCUT2D eigenvalue weighted by molar-refractivity contribution is -0.130. The van der Waals surface area contributed by atoms with E-state index in [1.54, 1.807) is 6.26 Å². The maximum Gasteiger partial charge on any atom is 0.236 e. The summed E-state index contributed by atoms with van der Waals surface area (Å²) in [5.74, 6) is 1.60. The number of furan rings is 1. The highest BCUT2D eigenvalue weighted by molar-refractivity contribution is 8.00. The standard InChI is InChI=1S/C24H30N4O2S/c1-3-27(17-19-11-6-4-7-12-19)23(29)18(2)31-24-26-25-22(21-15-10-16-30-21)28(24)20-13-8-5-9-14-20/h4,6-7,10-12,15-16,18,20H,3,5,8-9,13-14,17H2,1-2H3. The smallest absolute Gasteiger partial charge is 0.236 e. The molecule has 0 N–H and O–H groups in total. The number of thioether (sulfide) groups is 1. The second-order valence-electron chi connectivity index (χ2n) is 8.04. The van der Waals surface area contributed by atoms with Gasteiger partial charge >= 0.3 is 0 Å². The molecule has 1 aliphatic rings. The van der Waals surface area contributed by atoms with E-state index in [1.165, 1.54) is 31.0 Å². The van der Waals surface area contributed by atoms with Crippen molar-refractivity contribution >= 4 is 17.7 Å². The molecule has 6 nitrogen and oxygen atoms in total. The summed E-state index contributed by atoms with van der Waals surface area (Å²) in [5.41, 5.74) is 1.14. The quantitative estimate of drug-likeness (QED) is 0.430. The molecule has 3 aromatic rings. The minimum atomic E-state index is -0.250. The number of amides is 1. The molecule has 1 fully saturated rings. The number of nitrogens with zero attached hydrogens (tertiary/aromatic N) is 4. The number of hydrogen-bond donors (Lipinski definition) is 0. The minimum absolute atomic E-state index is 0.120. The van der Waals surface area contributed by atoms with Crippen molar-refractivity contribution in [1.82, 2.24) is 19.7 Å². The van der Waals surface area contributed by atoms with Crippen LogP contribution in [0.15, 0.2) is 58.3 Å². The zero-order chi connectivity index (χ0) is 21.6. The predicted molar refractivity (Wildman–Crippen MR) is 123 cm³/mol. The van der Waals surface area contributed by atoms with E-state index in [2.05, 4.69) is 26.9 Å². The summed E-state index contributed by atoms with van der Waals surface area (Å²) >= 11 is 1.50. The highest BCUT2D eigenvalue weighted by Crippen LogP contribution is 2.37. The molecule has 2 aromatic heterocycles. The second kappa shape index (κ2) is 10.2. The second-order valence-corrected chi connectivity index (χ2v) is 9.35. The van der Waals surface area contributed by atoms with Gasteiger partial charge in [0.1, 0.15) is 0 Å². The van der Waals surface area contributed by atoms with E-state index in [-0.39, 0.29) is 11.2 Å². The minimum Gasteiger partial charge on any atom is -0.461 e. The molecule has 1 amide bonds. The van der Waals surface area contributed by atoms with Crippen LogP contribution in [0.25, 0.3) is 11.6 Å². The van der Waals surface area contributed by atoms with Crippen LogP contribution >= 0.6 is 11.8 Å². The number of aromatic nitrogens is 3. The topological polar surface area (TPSA) is 64.2 Å². The maximum absolute atomic E-state index is 13.2. The van der Waals surface area contributed by atoms with Crippen molar-refractivity contribution in [3.8, 4) is 11.6 Å². The molecule has 0 spiro atoms. The van der Waals surface area contributed by atoms with Crippen LogP contribution in [0.2, 0.25) is 0 Å². The van der Waals surface area contributed by atoms with Gasteiger partial charge in [-0.1, -0.05) is 61.4 Å². The molecule has 1 aliphatic carbocycles. The third kappa shape index (κ3) is 5.03. The summed E-state index contributed by atoms with van der Waals surface area (Å²) in [5, 5.41) is 9.49. The molecule has 31 heavy (non-hydrogen) atoms. The molecular formula is C24H30N4O2S. The van der Waals surface area contributed by atoms with Crippen molar-refractivity contribution in [3.05, 3.63) is 54.3 Å². The number of carbonyl (C=O) groups is 1. The van der Waals surface area contributed by atoms with Crippen LogP contribution in [-0.2, 0) is 11.3 Å². The molecule has 0 saturated heterocycles. The van der Waals surface area contributed by atoms with Crippen molar-refractivity contribution in [2.45, 2.75) is 68.9 Å². The lowest BCUT2D eigenvalue weighted by Gasteiger charge is -2.27. The van der Waals surface area contributed by atoms with Gasteiger partial charge in [-0.15, -0.1) is 10.2 Å². The molecule has 1 aromatic carbocycles. The third-order valence-corrected chi connectivity index (χ3v) is 6.93. The van der Waals surface area contributed by atoms with Crippen LogP contribution < -0.4 is 0 Å². The number of carbonyl (C=O) groups excluding carboxylic acids is 1. The Morgan fingerprint density at radius 2 is 1.94 bits per heavy atom. The third-order valence-electron chi connectivity index (χ3n) is 5.89. The molecular weight excluding hydrogens is 408 g/mol. The van der Waals surface area contributed by atoms with Crippen LogP contribution in [0.1, 0.15) is 57.6 Å². The molecule has 2 heterocycles. The molecule has 164 valence electrons. The van der Waals surface area contributed by atoms with E-state index in [9.17, 15) is 4.79 Å². The number of rotatable bonds is 8. The number of hydrogen-bond acceptors (Lipinski definition) is 5. The van der Waals surface area contributed by atoms with E-state index < -0.39 is 0 Å². The first kappa shape index (κ1) is 21.7. The Kier molecular flexibility index (Phi) is 7.12. The first-order valence-electron chi connectivity index (χ1n) is 11.2. The van der Waals surface area contributed by atoms with Crippen LogP contribution in [0, 0.1) is 0 Å². The fourth-order valence-corrected chi connectivity index (χ4v) is 5.22. The van der Waals surface area contributed by atoms with Gasteiger partial charge in [-0.25, -0.2) is 0 Å². The molecule has 7 heteroatoms. The predicted octanol–water partition coefficient (Wildman–Crippen LogP) is 5.57. The lowest BCUT2D eigenvalue weighted by atomic mass is 9.95. The normalized spacial score (nSPS) is 15.7. The Hall–Kier alpha value is -2.54. The van der Waals surface area contributed by atoms with Gasteiger partial charge in [-0.2, -0.15) is 0 Å². The highest BCUT2D eigenvalue weighted by atomic mass is 32.2. The first-order chi connectivity index (χ1) is 15.2. The maximum atomic E-state index is 13.2. The summed E-state index contributed by atoms with van der Waals surface area (Å²) in [6.07, 6.45) is 7.57. The molecule has 0 bridgehead atoms. The van der Waals surface area contributed by atoms with Gasteiger partial charge < -0.3 is 9.32 Å². The van der Waals surface area contributed by atoms with Gasteiger partial charge in [0.15, 0.2) is 10.9 Å². The first-order valence-corrected chi connectivity index (χ1v) is 12.0. The monoisotopic (exact) mass is 438 g/mol. The van der Waals surface area contributed by atoms with E-state index in [1.807, 2.05) is 49.1 Å². The van der Waals surface area contributed by atoms with Crippen LogP contribution in [0.3, 0.4) is 0 Å². The SMILES string of the molecule is CCN(Cc1ccccc1)C(=O)C(C)Sc1nnc(-c2ccco2)n1C1CCCCC1. The molecule has 1 saturated carbocycles. The Morgan fingerprint density at radius 3 is 2.61 bits per heavy atom. The van der Waals surface area contributed by atoms with Crippen molar-refractivity contribution in [1.29, 1.82) is 0 Å². The molecule has 4 rings (SSSR count). The van der Waals surface area contributed by atoms with Crippen molar-refractivity contribution < 1.29 is 9.21 Å². The van der Waals surface area contributed by atoms with Gasteiger partial charge in [0.05, 0.1) is 11.5 Å². The van der Waals surface area contributed by atoms with Gasteiger partial charge in [-0.3, -0.25) is 9.36 Å². The van der Waals surface area contributed by atoms with Crippen LogP contribution in [0.4, 0.5) is 0 Å². The van der Waals surface area contributed by atoms with Gasteiger partial charge in [-0.05, 0) is 44.4 Å².